The minimum absolute atomic E-state index is 0.757. The molecule has 0 bridgehead atoms. The second kappa shape index (κ2) is 6.84. The molecule has 0 aliphatic carbocycles. The van der Waals surface area contributed by atoms with Gasteiger partial charge in [0.1, 0.15) is 11.4 Å². The lowest BCUT2D eigenvalue weighted by molar-refractivity contribution is 0.415. The number of benzene rings is 3. The quantitative estimate of drug-likeness (QED) is 0.543. The predicted molar refractivity (Wildman–Crippen MR) is 106 cm³/mol. The van der Waals surface area contributed by atoms with Gasteiger partial charge in [-0.05, 0) is 42.8 Å². The van der Waals surface area contributed by atoms with Gasteiger partial charge in [-0.1, -0.05) is 42.5 Å². The number of aromatic nitrogens is 2. The van der Waals surface area contributed by atoms with E-state index in [4.69, 9.17) is 4.74 Å². The Labute approximate surface area is 152 Å². The second-order valence-corrected chi connectivity index (χ2v) is 6.11. The molecule has 0 aliphatic heterocycles. The van der Waals surface area contributed by atoms with Gasteiger partial charge >= 0.3 is 0 Å². The van der Waals surface area contributed by atoms with Crippen molar-refractivity contribution in [2.45, 2.75) is 6.92 Å². The first-order chi connectivity index (χ1) is 12.8. The van der Waals surface area contributed by atoms with E-state index < -0.39 is 0 Å². The summed E-state index contributed by atoms with van der Waals surface area (Å²) in [4.78, 5) is 0. The Morgan fingerprint density at radius 3 is 2.19 bits per heavy atom. The number of nitrogens with one attached hydrogen (secondary N) is 1. The molecule has 0 radical (unpaired) electrons. The molecule has 1 aromatic heterocycles. The van der Waals surface area contributed by atoms with Crippen LogP contribution in [0.5, 0.6) is 5.75 Å². The molecular weight excluding hydrogens is 322 g/mol. The Balaban J connectivity index is 1.81. The zero-order chi connectivity index (χ0) is 17.9. The van der Waals surface area contributed by atoms with Crippen LogP contribution in [0.15, 0.2) is 72.8 Å². The minimum atomic E-state index is 0.757. The summed E-state index contributed by atoms with van der Waals surface area (Å²) in [5.74, 6) is 1.58. The molecule has 1 N–H and O–H groups in total. The van der Waals surface area contributed by atoms with E-state index in [2.05, 4.69) is 40.6 Å². The van der Waals surface area contributed by atoms with E-state index in [9.17, 15) is 0 Å². The fraction of sp³-hybridized carbons (Fsp3) is 0.0909. The van der Waals surface area contributed by atoms with Gasteiger partial charge in [-0.2, -0.15) is 0 Å². The van der Waals surface area contributed by atoms with Gasteiger partial charge in [0, 0.05) is 22.0 Å². The molecule has 3 aromatic carbocycles. The van der Waals surface area contributed by atoms with Crippen LogP contribution in [0, 0.1) is 6.92 Å². The lowest BCUT2D eigenvalue weighted by atomic mass is 10.0. The minimum Gasteiger partial charge on any atom is -0.497 e. The van der Waals surface area contributed by atoms with Crippen molar-refractivity contribution in [3.05, 3.63) is 78.4 Å². The van der Waals surface area contributed by atoms with Crippen LogP contribution in [0.3, 0.4) is 0 Å². The summed E-state index contributed by atoms with van der Waals surface area (Å²) in [6, 6.07) is 24.2. The van der Waals surface area contributed by atoms with Gasteiger partial charge in [0.25, 0.3) is 0 Å². The first-order valence-corrected chi connectivity index (χ1v) is 8.49. The number of aryl methyl sites for hydroxylation is 1. The number of fused-ring (bicyclic) bond motifs is 1. The van der Waals surface area contributed by atoms with Crippen molar-refractivity contribution < 1.29 is 4.74 Å². The van der Waals surface area contributed by atoms with Crippen LogP contribution in [0.2, 0.25) is 0 Å². The largest absolute Gasteiger partial charge is 0.497 e. The van der Waals surface area contributed by atoms with Crippen molar-refractivity contribution in [1.29, 1.82) is 0 Å². The number of nitrogens with zero attached hydrogens (tertiary/aromatic N) is 2. The SMILES string of the molecule is COc1ccc(-c2nnc(Nc3ccccc3C)c3ccccc23)cc1. The summed E-state index contributed by atoms with van der Waals surface area (Å²) in [7, 11) is 1.66. The first kappa shape index (κ1) is 16.1. The lowest BCUT2D eigenvalue weighted by Crippen LogP contribution is -2.00. The molecule has 0 aliphatic rings. The average Bonchev–Trinajstić information content (AvgIpc) is 2.70. The molecule has 0 atom stereocenters. The van der Waals surface area contributed by atoms with Crippen LogP contribution in [0.4, 0.5) is 11.5 Å². The van der Waals surface area contributed by atoms with E-state index >= 15 is 0 Å². The smallest absolute Gasteiger partial charge is 0.161 e. The molecule has 4 aromatic rings. The van der Waals surface area contributed by atoms with Gasteiger partial charge in [0.05, 0.1) is 7.11 Å². The van der Waals surface area contributed by atoms with Crippen molar-refractivity contribution >= 4 is 22.3 Å². The van der Waals surface area contributed by atoms with Gasteiger partial charge in [-0.15, -0.1) is 10.2 Å². The van der Waals surface area contributed by atoms with Crippen molar-refractivity contribution in [1.82, 2.24) is 10.2 Å². The number of para-hydroxylation sites is 1. The topological polar surface area (TPSA) is 47.0 Å². The Bertz CT molecular complexity index is 1060. The molecule has 0 saturated carbocycles. The molecule has 128 valence electrons. The molecule has 1 heterocycles. The van der Waals surface area contributed by atoms with Gasteiger partial charge in [0.2, 0.25) is 0 Å². The molecule has 0 fully saturated rings. The molecule has 4 rings (SSSR count). The fourth-order valence-corrected chi connectivity index (χ4v) is 3.00. The molecule has 0 saturated heterocycles. The van der Waals surface area contributed by atoms with E-state index in [-0.39, 0.29) is 0 Å². The Kier molecular flexibility index (Phi) is 4.23. The average molecular weight is 341 g/mol. The van der Waals surface area contributed by atoms with Crippen molar-refractivity contribution in [2.75, 3.05) is 12.4 Å². The third-order valence-corrected chi connectivity index (χ3v) is 4.45. The van der Waals surface area contributed by atoms with E-state index in [0.717, 1.165) is 44.8 Å². The molecule has 4 nitrogen and oxygen atoms in total. The number of ether oxygens (including phenoxy) is 1. The van der Waals surface area contributed by atoms with Gasteiger partial charge in [-0.3, -0.25) is 0 Å². The predicted octanol–water partition coefficient (Wildman–Crippen LogP) is 5.36. The first-order valence-electron chi connectivity index (χ1n) is 8.49. The molecule has 0 spiro atoms. The standard InChI is InChI=1S/C22H19N3O/c1-15-7-3-6-10-20(15)23-22-19-9-5-4-8-18(19)21(24-25-22)16-11-13-17(26-2)14-12-16/h3-14H,1-2H3,(H,23,25). The molecular formula is C22H19N3O. The molecule has 0 unspecified atom stereocenters. The highest BCUT2D eigenvalue weighted by atomic mass is 16.5. The number of hydrogen-bond donors (Lipinski definition) is 1. The zero-order valence-electron chi connectivity index (χ0n) is 14.7. The Morgan fingerprint density at radius 1 is 0.769 bits per heavy atom. The van der Waals surface area contributed by atoms with Crippen LogP contribution in [0.1, 0.15) is 5.56 Å². The maximum Gasteiger partial charge on any atom is 0.161 e. The molecule has 4 heteroatoms. The third-order valence-electron chi connectivity index (χ3n) is 4.45. The van der Waals surface area contributed by atoms with Crippen LogP contribution in [0.25, 0.3) is 22.0 Å². The number of methoxy groups -OCH3 is 1. The summed E-state index contributed by atoms with van der Waals surface area (Å²) < 4.78 is 5.24. The van der Waals surface area contributed by atoms with Crippen LogP contribution < -0.4 is 10.1 Å². The summed E-state index contributed by atoms with van der Waals surface area (Å²) in [6.07, 6.45) is 0. The third kappa shape index (κ3) is 2.97. The summed E-state index contributed by atoms with van der Waals surface area (Å²) in [5, 5.41) is 14.5. The monoisotopic (exact) mass is 341 g/mol. The summed E-state index contributed by atoms with van der Waals surface area (Å²) in [6.45, 7) is 2.07. The number of anilines is 2. The van der Waals surface area contributed by atoms with E-state index in [1.807, 2.05) is 54.6 Å². The number of rotatable bonds is 4. The van der Waals surface area contributed by atoms with Crippen molar-refractivity contribution in [3.63, 3.8) is 0 Å². The summed E-state index contributed by atoms with van der Waals surface area (Å²) >= 11 is 0. The van der Waals surface area contributed by atoms with Crippen LogP contribution >= 0.6 is 0 Å². The second-order valence-electron chi connectivity index (χ2n) is 6.11. The number of hydrogen-bond acceptors (Lipinski definition) is 4. The Hall–Kier alpha value is -3.40. The normalized spacial score (nSPS) is 10.7. The highest BCUT2D eigenvalue weighted by Crippen LogP contribution is 2.32. The Morgan fingerprint density at radius 2 is 1.46 bits per heavy atom. The van der Waals surface area contributed by atoms with Gasteiger partial charge in [-0.25, -0.2) is 0 Å². The lowest BCUT2D eigenvalue weighted by Gasteiger charge is -2.12. The van der Waals surface area contributed by atoms with E-state index in [1.165, 1.54) is 0 Å². The highest BCUT2D eigenvalue weighted by molar-refractivity contribution is 6.00. The highest BCUT2D eigenvalue weighted by Gasteiger charge is 2.11. The van der Waals surface area contributed by atoms with Gasteiger partial charge < -0.3 is 10.1 Å². The van der Waals surface area contributed by atoms with Crippen LogP contribution in [-0.4, -0.2) is 17.3 Å². The molecule has 0 amide bonds. The summed E-state index contributed by atoms with van der Waals surface area (Å²) in [5.41, 5.74) is 4.07. The fourth-order valence-electron chi connectivity index (χ4n) is 3.00. The zero-order valence-corrected chi connectivity index (χ0v) is 14.7. The van der Waals surface area contributed by atoms with Gasteiger partial charge in [0.15, 0.2) is 5.82 Å². The van der Waals surface area contributed by atoms with Crippen LogP contribution in [-0.2, 0) is 0 Å². The van der Waals surface area contributed by atoms with Crippen molar-refractivity contribution in [2.24, 2.45) is 0 Å². The maximum absolute atomic E-state index is 5.24. The van der Waals surface area contributed by atoms with E-state index in [1.54, 1.807) is 7.11 Å². The van der Waals surface area contributed by atoms with E-state index in [0.29, 0.717) is 0 Å². The maximum atomic E-state index is 5.24. The molecule has 26 heavy (non-hydrogen) atoms. The van der Waals surface area contributed by atoms with Crippen molar-refractivity contribution in [3.8, 4) is 17.0 Å².